The number of amides is 1. The van der Waals surface area contributed by atoms with Crippen LogP contribution in [0.5, 0.6) is 5.75 Å². The molecule has 0 spiro atoms. The van der Waals surface area contributed by atoms with Gasteiger partial charge in [-0.15, -0.1) is 0 Å². The van der Waals surface area contributed by atoms with Crippen LogP contribution in [0.4, 0.5) is 5.69 Å². The van der Waals surface area contributed by atoms with Gasteiger partial charge in [0, 0.05) is 12.8 Å². The van der Waals surface area contributed by atoms with Crippen LogP contribution in [0.3, 0.4) is 0 Å². The van der Waals surface area contributed by atoms with Crippen molar-refractivity contribution in [2.24, 2.45) is 0 Å². The molecule has 1 fully saturated rings. The van der Waals surface area contributed by atoms with Crippen molar-refractivity contribution in [3.63, 3.8) is 0 Å². The Labute approximate surface area is 139 Å². The summed E-state index contributed by atoms with van der Waals surface area (Å²) in [5.74, 6) is -1.80. The second-order valence-corrected chi connectivity index (χ2v) is 4.96. The van der Waals surface area contributed by atoms with Crippen LogP contribution in [0.15, 0.2) is 24.3 Å². The molecular formula is C16H19NO7. The zero-order valence-electron chi connectivity index (χ0n) is 13.9. The summed E-state index contributed by atoms with van der Waals surface area (Å²) in [5, 5.41) is 0. The summed E-state index contributed by atoms with van der Waals surface area (Å²) in [4.78, 5) is 38.3. The fourth-order valence-electron chi connectivity index (χ4n) is 2.66. The summed E-state index contributed by atoms with van der Waals surface area (Å²) in [6, 6.07) is 5.20. The molecule has 0 radical (unpaired) electrons. The largest absolute Gasteiger partial charge is 0.497 e. The minimum Gasteiger partial charge on any atom is -0.497 e. The molecule has 2 rings (SSSR count). The molecule has 1 aliphatic rings. The Kier molecular flexibility index (Phi) is 5.08. The lowest BCUT2D eigenvalue weighted by Gasteiger charge is -2.50. The van der Waals surface area contributed by atoms with Gasteiger partial charge in [0.05, 0.1) is 20.8 Å². The Balaban J connectivity index is 2.45. The molecule has 1 saturated heterocycles. The molecule has 1 aromatic carbocycles. The molecule has 0 bridgehead atoms. The van der Waals surface area contributed by atoms with Gasteiger partial charge in [-0.25, -0.2) is 9.59 Å². The predicted molar refractivity (Wildman–Crippen MR) is 82.7 cm³/mol. The van der Waals surface area contributed by atoms with Gasteiger partial charge >= 0.3 is 11.9 Å². The third-order valence-corrected chi connectivity index (χ3v) is 3.85. The highest BCUT2D eigenvalue weighted by molar-refractivity contribution is 6.26. The number of esters is 2. The van der Waals surface area contributed by atoms with E-state index in [-0.39, 0.29) is 6.61 Å². The van der Waals surface area contributed by atoms with E-state index in [9.17, 15) is 14.4 Å². The topological polar surface area (TPSA) is 91.4 Å². The quantitative estimate of drug-likeness (QED) is 0.425. The molecule has 2 atom stereocenters. The minimum absolute atomic E-state index is 0.0982. The molecule has 1 amide bonds. The number of nitrogens with zero attached hydrogens (tertiary/aromatic N) is 1. The van der Waals surface area contributed by atoms with Crippen LogP contribution in [-0.2, 0) is 28.6 Å². The maximum absolute atomic E-state index is 12.7. The first-order valence-electron chi connectivity index (χ1n) is 7.25. The maximum Gasteiger partial charge on any atom is 0.351 e. The van der Waals surface area contributed by atoms with Gasteiger partial charge in [0.15, 0.2) is 6.04 Å². The lowest BCUT2D eigenvalue weighted by atomic mass is 9.81. The van der Waals surface area contributed by atoms with Gasteiger partial charge in [0.1, 0.15) is 5.75 Å². The molecule has 1 aromatic rings. The van der Waals surface area contributed by atoms with E-state index in [1.807, 2.05) is 0 Å². The Morgan fingerprint density at radius 3 is 2.25 bits per heavy atom. The summed E-state index contributed by atoms with van der Waals surface area (Å²) >= 11 is 0. The monoisotopic (exact) mass is 337 g/mol. The summed E-state index contributed by atoms with van der Waals surface area (Å²) < 4.78 is 19.8. The van der Waals surface area contributed by atoms with E-state index in [4.69, 9.17) is 14.2 Å². The van der Waals surface area contributed by atoms with Gasteiger partial charge in [-0.3, -0.25) is 9.69 Å². The number of ether oxygens (including phenoxy) is 4. The minimum atomic E-state index is -2.04. The fourth-order valence-corrected chi connectivity index (χ4v) is 2.66. The first-order valence-corrected chi connectivity index (χ1v) is 7.25. The molecule has 0 unspecified atom stereocenters. The number of benzene rings is 1. The van der Waals surface area contributed by atoms with E-state index in [1.165, 1.54) is 14.2 Å². The predicted octanol–water partition coefficient (Wildman–Crippen LogP) is 0.532. The van der Waals surface area contributed by atoms with Crippen molar-refractivity contribution in [2.45, 2.75) is 18.6 Å². The number of hydrogen-bond donors (Lipinski definition) is 0. The lowest BCUT2D eigenvalue weighted by molar-refractivity contribution is -0.191. The smallest absolute Gasteiger partial charge is 0.351 e. The van der Waals surface area contributed by atoms with E-state index < -0.39 is 29.5 Å². The number of carbonyl (C=O) groups is 3. The highest BCUT2D eigenvalue weighted by atomic mass is 16.6. The number of rotatable bonds is 6. The molecule has 1 aliphatic heterocycles. The highest BCUT2D eigenvalue weighted by Crippen LogP contribution is 2.40. The van der Waals surface area contributed by atoms with Gasteiger partial charge < -0.3 is 18.9 Å². The average molecular weight is 337 g/mol. The van der Waals surface area contributed by atoms with Crippen molar-refractivity contribution in [3.8, 4) is 5.75 Å². The zero-order valence-corrected chi connectivity index (χ0v) is 13.9. The van der Waals surface area contributed by atoms with Crippen LogP contribution in [0.2, 0.25) is 0 Å². The Morgan fingerprint density at radius 2 is 1.79 bits per heavy atom. The molecule has 0 N–H and O–H groups in total. The van der Waals surface area contributed by atoms with Crippen molar-refractivity contribution >= 4 is 23.5 Å². The van der Waals surface area contributed by atoms with Crippen molar-refractivity contribution < 1.29 is 33.3 Å². The standard InChI is InChI=1S/C16H19NO7/c1-5-24-13(18)12-16(23-4,15(20)22-3)14(19)17(12)10-6-8-11(21-2)9-7-10/h6-9,12H,5H2,1-4H3/t12-,16-/m0/s1. The molecule has 8 heteroatoms. The molecule has 0 saturated carbocycles. The lowest BCUT2D eigenvalue weighted by Crippen LogP contribution is -2.81. The fraction of sp³-hybridized carbons (Fsp3) is 0.438. The molecule has 0 aromatic heterocycles. The van der Waals surface area contributed by atoms with Gasteiger partial charge in [0.2, 0.25) is 0 Å². The average Bonchev–Trinajstić information content (AvgIpc) is 2.60. The van der Waals surface area contributed by atoms with Crippen molar-refractivity contribution in [1.82, 2.24) is 0 Å². The first-order chi connectivity index (χ1) is 11.5. The maximum atomic E-state index is 12.7. The van der Waals surface area contributed by atoms with Gasteiger partial charge in [-0.2, -0.15) is 0 Å². The van der Waals surface area contributed by atoms with Gasteiger partial charge in [-0.05, 0) is 31.2 Å². The molecule has 130 valence electrons. The molecule has 1 heterocycles. The van der Waals surface area contributed by atoms with Crippen molar-refractivity contribution in [2.75, 3.05) is 32.8 Å². The highest BCUT2D eigenvalue weighted by Gasteiger charge is 2.72. The van der Waals surface area contributed by atoms with E-state index in [0.717, 1.165) is 12.0 Å². The van der Waals surface area contributed by atoms with E-state index >= 15 is 0 Å². The van der Waals surface area contributed by atoms with Crippen molar-refractivity contribution in [3.05, 3.63) is 24.3 Å². The van der Waals surface area contributed by atoms with Gasteiger partial charge in [-0.1, -0.05) is 0 Å². The molecule has 24 heavy (non-hydrogen) atoms. The number of β-lactam (4-membered cyclic amide) rings is 1. The number of carbonyl (C=O) groups excluding carboxylic acids is 3. The van der Waals surface area contributed by atoms with E-state index in [0.29, 0.717) is 11.4 Å². The third kappa shape index (κ3) is 2.48. The second kappa shape index (κ2) is 6.88. The number of methoxy groups -OCH3 is 3. The van der Waals surface area contributed by atoms with Crippen LogP contribution < -0.4 is 9.64 Å². The molecule has 0 aliphatic carbocycles. The van der Waals surface area contributed by atoms with Crippen LogP contribution in [0.1, 0.15) is 6.92 Å². The summed E-state index contributed by atoms with van der Waals surface area (Å²) in [6.07, 6.45) is 0. The van der Waals surface area contributed by atoms with E-state index in [1.54, 1.807) is 31.2 Å². The summed E-state index contributed by atoms with van der Waals surface area (Å²) in [6.45, 7) is 1.73. The molecular weight excluding hydrogens is 318 g/mol. The number of anilines is 1. The molecule has 8 nitrogen and oxygen atoms in total. The Morgan fingerprint density at radius 1 is 1.17 bits per heavy atom. The van der Waals surface area contributed by atoms with Gasteiger partial charge in [0.25, 0.3) is 11.5 Å². The van der Waals surface area contributed by atoms with Crippen LogP contribution in [0.25, 0.3) is 0 Å². The third-order valence-electron chi connectivity index (χ3n) is 3.85. The number of hydrogen-bond acceptors (Lipinski definition) is 7. The van der Waals surface area contributed by atoms with Crippen LogP contribution in [-0.4, -0.2) is 57.4 Å². The summed E-state index contributed by atoms with van der Waals surface area (Å²) in [7, 11) is 3.81. The van der Waals surface area contributed by atoms with Crippen LogP contribution in [0, 0.1) is 0 Å². The Hall–Kier alpha value is -2.61. The summed E-state index contributed by atoms with van der Waals surface area (Å²) in [5.41, 5.74) is -1.63. The second-order valence-electron chi connectivity index (χ2n) is 4.96. The van der Waals surface area contributed by atoms with Crippen LogP contribution >= 0.6 is 0 Å². The SMILES string of the molecule is CCOC(=O)[C@@H]1N(c2ccc(OC)cc2)C(=O)[C@]1(OC)C(=O)OC. The zero-order chi connectivity index (χ0) is 17.9. The Bertz CT molecular complexity index is 642. The van der Waals surface area contributed by atoms with E-state index in [2.05, 4.69) is 4.74 Å². The first kappa shape index (κ1) is 17.7. The van der Waals surface area contributed by atoms with Crippen molar-refractivity contribution in [1.29, 1.82) is 0 Å². The normalized spacial score (nSPS) is 22.6.